The van der Waals surface area contributed by atoms with Gasteiger partial charge in [-0.15, -0.1) is 0 Å². The van der Waals surface area contributed by atoms with Crippen LogP contribution in [0.15, 0.2) is 10.9 Å². The summed E-state index contributed by atoms with van der Waals surface area (Å²) < 4.78 is 40.9. The van der Waals surface area contributed by atoms with Crippen LogP contribution in [0.4, 0.5) is 13.2 Å². The van der Waals surface area contributed by atoms with E-state index in [2.05, 4.69) is 9.97 Å². The number of aromatic nitrogens is 3. The number of rotatable bonds is 1. The minimum atomic E-state index is -4.60. The standard InChI is InChI=1S/C12H10F3N3OS/c1-18-9-8(10(19)17-11(18)20)6(12(13,14)15)4-7(16-9)5-2-3-5/h4-5H,2-3H2,1H3,(H,17,19,20). The average molecular weight is 301 g/mol. The molecule has 2 heterocycles. The maximum atomic E-state index is 13.2. The van der Waals surface area contributed by atoms with E-state index >= 15 is 0 Å². The summed E-state index contributed by atoms with van der Waals surface area (Å²) in [7, 11) is 1.49. The Hall–Kier alpha value is -1.70. The first-order valence-corrected chi connectivity index (χ1v) is 6.41. The Morgan fingerprint density at radius 3 is 2.65 bits per heavy atom. The number of H-pyrrole nitrogens is 1. The molecule has 3 rings (SSSR count). The third-order valence-electron chi connectivity index (χ3n) is 3.39. The molecule has 1 saturated carbocycles. The molecule has 20 heavy (non-hydrogen) atoms. The number of pyridine rings is 1. The molecule has 2 aromatic rings. The van der Waals surface area contributed by atoms with Crippen molar-refractivity contribution < 1.29 is 13.2 Å². The predicted octanol–water partition coefficient (Wildman–Crippen LogP) is 2.89. The molecule has 1 fully saturated rings. The van der Waals surface area contributed by atoms with Gasteiger partial charge in [-0.3, -0.25) is 9.78 Å². The van der Waals surface area contributed by atoms with Crippen LogP contribution >= 0.6 is 12.2 Å². The molecule has 0 atom stereocenters. The van der Waals surface area contributed by atoms with Crippen LogP contribution in [-0.2, 0) is 13.2 Å². The van der Waals surface area contributed by atoms with E-state index in [0.717, 1.165) is 18.9 Å². The minimum absolute atomic E-state index is 0.0181. The molecule has 8 heteroatoms. The van der Waals surface area contributed by atoms with E-state index in [9.17, 15) is 18.0 Å². The molecule has 0 unspecified atom stereocenters. The van der Waals surface area contributed by atoms with Crippen LogP contribution in [-0.4, -0.2) is 14.5 Å². The molecule has 0 radical (unpaired) electrons. The van der Waals surface area contributed by atoms with Crippen molar-refractivity contribution in [2.75, 3.05) is 0 Å². The number of nitrogens with zero attached hydrogens (tertiary/aromatic N) is 2. The molecular formula is C12H10F3N3OS. The lowest BCUT2D eigenvalue weighted by Gasteiger charge is -2.13. The lowest BCUT2D eigenvalue weighted by Crippen LogP contribution is -2.20. The summed E-state index contributed by atoms with van der Waals surface area (Å²) in [6, 6.07) is 0.984. The number of aromatic amines is 1. The Morgan fingerprint density at radius 1 is 1.45 bits per heavy atom. The third kappa shape index (κ3) is 2.04. The van der Waals surface area contributed by atoms with Gasteiger partial charge in [0.2, 0.25) is 0 Å². The van der Waals surface area contributed by atoms with E-state index in [1.807, 2.05) is 0 Å². The maximum absolute atomic E-state index is 13.2. The van der Waals surface area contributed by atoms with Crippen molar-refractivity contribution in [1.82, 2.24) is 14.5 Å². The molecule has 1 aliphatic rings. The monoisotopic (exact) mass is 301 g/mol. The molecule has 0 aromatic carbocycles. The van der Waals surface area contributed by atoms with Crippen molar-refractivity contribution in [3.8, 4) is 0 Å². The van der Waals surface area contributed by atoms with Gasteiger partial charge >= 0.3 is 6.18 Å². The van der Waals surface area contributed by atoms with Gasteiger partial charge in [0.1, 0.15) is 5.65 Å². The zero-order chi connectivity index (χ0) is 14.7. The highest BCUT2D eigenvalue weighted by molar-refractivity contribution is 7.71. The van der Waals surface area contributed by atoms with E-state index in [1.54, 1.807) is 0 Å². The lowest BCUT2D eigenvalue weighted by atomic mass is 10.1. The molecule has 0 bridgehead atoms. The lowest BCUT2D eigenvalue weighted by molar-refractivity contribution is -0.136. The molecule has 0 spiro atoms. The predicted molar refractivity (Wildman–Crippen MR) is 69.1 cm³/mol. The summed E-state index contributed by atoms with van der Waals surface area (Å²) in [5.41, 5.74) is -1.45. The van der Waals surface area contributed by atoms with E-state index in [1.165, 1.54) is 11.6 Å². The van der Waals surface area contributed by atoms with Crippen LogP contribution in [0, 0.1) is 4.77 Å². The molecule has 2 aromatic heterocycles. The Labute approximate surface area is 116 Å². The summed E-state index contributed by atoms with van der Waals surface area (Å²) in [4.78, 5) is 18.3. The number of nitrogens with one attached hydrogen (secondary N) is 1. The maximum Gasteiger partial charge on any atom is 0.417 e. The fourth-order valence-electron chi connectivity index (χ4n) is 2.17. The van der Waals surface area contributed by atoms with Crippen LogP contribution in [0.3, 0.4) is 0 Å². The zero-order valence-electron chi connectivity index (χ0n) is 10.4. The van der Waals surface area contributed by atoms with Crippen molar-refractivity contribution in [2.24, 2.45) is 7.05 Å². The van der Waals surface area contributed by atoms with E-state index < -0.39 is 22.7 Å². The van der Waals surface area contributed by atoms with Crippen LogP contribution in [0.5, 0.6) is 0 Å². The fourth-order valence-corrected chi connectivity index (χ4v) is 2.35. The Balaban J connectivity index is 2.50. The SMILES string of the molecule is Cn1c(=S)[nH]c(=O)c2c(C(F)(F)F)cc(C3CC3)nc21. The summed E-state index contributed by atoms with van der Waals surface area (Å²) in [5.74, 6) is 0.0494. The Kier molecular flexibility index (Phi) is 2.75. The summed E-state index contributed by atoms with van der Waals surface area (Å²) in [5, 5.41) is -0.460. The normalized spacial score (nSPS) is 15.8. The third-order valence-corrected chi connectivity index (χ3v) is 3.77. The molecule has 4 nitrogen and oxygen atoms in total. The smallest absolute Gasteiger partial charge is 0.306 e. The van der Waals surface area contributed by atoms with Crippen LogP contribution in [0.25, 0.3) is 11.0 Å². The molecule has 1 aliphatic carbocycles. The first-order valence-electron chi connectivity index (χ1n) is 6.00. The highest BCUT2D eigenvalue weighted by atomic mass is 32.1. The van der Waals surface area contributed by atoms with Crippen LogP contribution in [0.1, 0.15) is 30.0 Å². The highest BCUT2D eigenvalue weighted by Crippen LogP contribution is 2.42. The Morgan fingerprint density at radius 2 is 2.10 bits per heavy atom. The minimum Gasteiger partial charge on any atom is -0.306 e. The summed E-state index contributed by atoms with van der Waals surface area (Å²) in [6.07, 6.45) is -2.96. The molecule has 106 valence electrons. The fraction of sp³-hybridized carbons (Fsp3) is 0.417. The molecular weight excluding hydrogens is 291 g/mol. The number of alkyl halides is 3. The number of halogens is 3. The number of fused-ring (bicyclic) bond motifs is 1. The van der Waals surface area contributed by atoms with E-state index in [0.29, 0.717) is 5.69 Å². The zero-order valence-corrected chi connectivity index (χ0v) is 11.2. The van der Waals surface area contributed by atoms with Crippen molar-refractivity contribution in [3.05, 3.63) is 32.4 Å². The van der Waals surface area contributed by atoms with Gasteiger partial charge in [0.25, 0.3) is 5.56 Å². The van der Waals surface area contributed by atoms with Crippen molar-refractivity contribution in [2.45, 2.75) is 24.9 Å². The average Bonchev–Trinajstić information content (AvgIpc) is 3.17. The Bertz CT molecular complexity index is 818. The number of hydrogen-bond donors (Lipinski definition) is 1. The van der Waals surface area contributed by atoms with Gasteiger partial charge in [-0.1, -0.05) is 0 Å². The first kappa shape index (κ1) is 13.3. The van der Waals surface area contributed by atoms with Crippen molar-refractivity contribution in [1.29, 1.82) is 0 Å². The van der Waals surface area contributed by atoms with Gasteiger partial charge in [-0.25, -0.2) is 4.98 Å². The number of aryl methyl sites for hydroxylation is 1. The van der Waals surface area contributed by atoms with E-state index in [-0.39, 0.29) is 16.3 Å². The van der Waals surface area contributed by atoms with Crippen LogP contribution < -0.4 is 5.56 Å². The second kappa shape index (κ2) is 4.15. The van der Waals surface area contributed by atoms with Gasteiger partial charge in [-0.2, -0.15) is 13.2 Å². The van der Waals surface area contributed by atoms with Crippen molar-refractivity contribution in [3.63, 3.8) is 0 Å². The highest BCUT2D eigenvalue weighted by Gasteiger charge is 2.37. The topological polar surface area (TPSA) is 50.7 Å². The van der Waals surface area contributed by atoms with Gasteiger partial charge in [0.15, 0.2) is 4.77 Å². The van der Waals surface area contributed by atoms with Crippen molar-refractivity contribution >= 4 is 23.3 Å². The first-order chi connectivity index (χ1) is 9.29. The largest absolute Gasteiger partial charge is 0.417 e. The summed E-state index contributed by atoms with van der Waals surface area (Å²) in [6.45, 7) is 0. The van der Waals surface area contributed by atoms with E-state index in [4.69, 9.17) is 12.2 Å². The number of hydrogen-bond acceptors (Lipinski definition) is 3. The molecule has 0 amide bonds. The van der Waals surface area contributed by atoms with Gasteiger partial charge in [0.05, 0.1) is 10.9 Å². The quantitative estimate of drug-likeness (QED) is 0.824. The molecule has 0 saturated heterocycles. The second-order valence-electron chi connectivity index (χ2n) is 4.88. The van der Waals surface area contributed by atoms with Gasteiger partial charge < -0.3 is 4.57 Å². The summed E-state index contributed by atoms with van der Waals surface area (Å²) >= 11 is 4.92. The van der Waals surface area contributed by atoms with Crippen LogP contribution in [0.2, 0.25) is 0 Å². The van der Waals surface area contributed by atoms with Gasteiger partial charge in [0, 0.05) is 18.7 Å². The van der Waals surface area contributed by atoms with Gasteiger partial charge in [-0.05, 0) is 31.1 Å². The second-order valence-corrected chi connectivity index (χ2v) is 5.27. The molecule has 0 aliphatic heterocycles. The molecule has 1 N–H and O–H groups in total.